The molecule has 1 aliphatic rings. The highest BCUT2D eigenvalue weighted by molar-refractivity contribution is 7.89. The Morgan fingerprint density at radius 3 is 2.83 bits per heavy atom. The summed E-state index contributed by atoms with van der Waals surface area (Å²) in [5, 5.41) is 1.91. The first-order valence-electron chi connectivity index (χ1n) is 7.33. The number of thiophene rings is 1. The van der Waals surface area contributed by atoms with Gasteiger partial charge in [-0.15, -0.1) is 11.3 Å². The lowest BCUT2D eigenvalue weighted by molar-refractivity contribution is -0.116. The molecule has 3 rings (SSSR count). The lowest BCUT2D eigenvalue weighted by Gasteiger charge is -2.20. The Morgan fingerprint density at radius 2 is 2.17 bits per heavy atom. The van der Waals surface area contributed by atoms with Gasteiger partial charge >= 0.3 is 0 Å². The van der Waals surface area contributed by atoms with Crippen molar-refractivity contribution in [1.82, 2.24) is 4.72 Å². The molecule has 1 amide bonds. The smallest absolute Gasteiger partial charge is 0.240 e. The first-order chi connectivity index (χ1) is 10.9. The van der Waals surface area contributed by atoms with Crippen LogP contribution in [0.2, 0.25) is 0 Å². The van der Waals surface area contributed by atoms with E-state index in [1.54, 1.807) is 23.1 Å². The number of sulfonamides is 1. The van der Waals surface area contributed by atoms with Crippen molar-refractivity contribution in [2.75, 3.05) is 4.90 Å². The van der Waals surface area contributed by atoms with Crippen molar-refractivity contribution in [2.24, 2.45) is 0 Å². The molecule has 7 heteroatoms. The van der Waals surface area contributed by atoms with E-state index in [1.165, 1.54) is 18.3 Å². The van der Waals surface area contributed by atoms with Gasteiger partial charge in [-0.2, -0.15) is 0 Å². The number of hydrogen-bond donors (Lipinski definition) is 1. The molecule has 122 valence electrons. The van der Waals surface area contributed by atoms with Crippen LogP contribution in [0, 0.1) is 0 Å². The van der Waals surface area contributed by atoms with E-state index in [0.29, 0.717) is 6.42 Å². The first-order valence-corrected chi connectivity index (χ1v) is 9.69. The summed E-state index contributed by atoms with van der Waals surface area (Å²) < 4.78 is 27.5. The molecule has 1 N–H and O–H groups in total. The molecular weight excluding hydrogens is 332 g/mol. The maximum atomic E-state index is 12.4. The number of nitrogens with zero attached hydrogens (tertiary/aromatic N) is 1. The summed E-state index contributed by atoms with van der Waals surface area (Å²) in [6.07, 6.45) is 0.670. The van der Waals surface area contributed by atoms with Gasteiger partial charge in [-0.05, 0) is 48.6 Å². The minimum Gasteiger partial charge on any atom is -0.309 e. The second-order valence-electron chi connectivity index (χ2n) is 5.64. The molecule has 0 fully saturated rings. The monoisotopic (exact) mass is 350 g/mol. The van der Waals surface area contributed by atoms with Gasteiger partial charge in [0.15, 0.2) is 0 Å². The summed E-state index contributed by atoms with van der Waals surface area (Å²) in [6.45, 7) is 3.77. The van der Waals surface area contributed by atoms with Gasteiger partial charge in [0.25, 0.3) is 0 Å². The Labute approximate surface area is 140 Å². The van der Waals surface area contributed by atoms with Crippen LogP contribution in [0.1, 0.15) is 24.3 Å². The molecule has 0 spiro atoms. The zero-order chi connectivity index (χ0) is 16.6. The average Bonchev–Trinajstić information content (AvgIpc) is 3.10. The van der Waals surface area contributed by atoms with Gasteiger partial charge in [-0.25, -0.2) is 13.1 Å². The Bertz CT molecular complexity index is 829. The molecule has 2 aromatic rings. The predicted molar refractivity (Wildman–Crippen MR) is 91.1 cm³/mol. The van der Waals surface area contributed by atoms with E-state index in [0.717, 1.165) is 16.1 Å². The highest BCUT2D eigenvalue weighted by Crippen LogP contribution is 2.33. The number of amides is 1. The molecule has 23 heavy (non-hydrogen) atoms. The highest BCUT2D eigenvalue weighted by atomic mass is 32.2. The van der Waals surface area contributed by atoms with Crippen molar-refractivity contribution >= 4 is 33.0 Å². The Balaban J connectivity index is 1.84. The third kappa shape index (κ3) is 3.17. The second-order valence-corrected chi connectivity index (χ2v) is 8.44. The minimum absolute atomic E-state index is 0.0253. The van der Waals surface area contributed by atoms with E-state index in [-0.39, 0.29) is 23.4 Å². The number of fused-ring (bicyclic) bond motifs is 1. The zero-order valence-electron chi connectivity index (χ0n) is 12.9. The number of benzene rings is 1. The quantitative estimate of drug-likeness (QED) is 0.921. The molecule has 0 unspecified atom stereocenters. The topological polar surface area (TPSA) is 66.5 Å². The Hall–Kier alpha value is -1.70. The van der Waals surface area contributed by atoms with Crippen LogP contribution in [0.25, 0.3) is 0 Å². The fraction of sp³-hybridized carbons (Fsp3) is 0.312. The van der Waals surface area contributed by atoms with Crippen molar-refractivity contribution < 1.29 is 13.2 Å². The Kier molecular flexibility index (Phi) is 4.27. The van der Waals surface area contributed by atoms with Gasteiger partial charge < -0.3 is 4.90 Å². The first kappa shape index (κ1) is 16.2. The summed E-state index contributed by atoms with van der Waals surface area (Å²) >= 11 is 1.51. The van der Waals surface area contributed by atoms with Crippen LogP contribution in [0.4, 0.5) is 5.69 Å². The van der Waals surface area contributed by atoms with Crippen LogP contribution >= 0.6 is 11.3 Å². The highest BCUT2D eigenvalue weighted by Gasteiger charge is 2.30. The molecule has 2 heterocycles. The van der Waals surface area contributed by atoms with E-state index in [4.69, 9.17) is 0 Å². The number of hydrogen-bond acceptors (Lipinski definition) is 4. The van der Waals surface area contributed by atoms with E-state index in [9.17, 15) is 13.2 Å². The molecule has 0 radical (unpaired) electrons. The van der Waals surface area contributed by atoms with Crippen LogP contribution in [-0.2, 0) is 27.8 Å². The van der Waals surface area contributed by atoms with E-state index in [1.807, 2.05) is 24.4 Å². The maximum absolute atomic E-state index is 12.4. The van der Waals surface area contributed by atoms with E-state index in [2.05, 4.69) is 4.72 Å². The molecule has 0 saturated heterocycles. The summed E-state index contributed by atoms with van der Waals surface area (Å²) in [4.78, 5) is 14.6. The van der Waals surface area contributed by atoms with Gasteiger partial charge in [0.1, 0.15) is 0 Å². The maximum Gasteiger partial charge on any atom is 0.240 e. The molecule has 5 nitrogen and oxygen atoms in total. The van der Waals surface area contributed by atoms with Crippen molar-refractivity contribution in [2.45, 2.75) is 37.8 Å². The summed E-state index contributed by atoms with van der Waals surface area (Å²) in [7, 11) is -3.56. The summed E-state index contributed by atoms with van der Waals surface area (Å²) in [6, 6.07) is 8.79. The fourth-order valence-electron chi connectivity index (χ4n) is 2.92. The minimum atomic E-state index is -3.56. The predicted octanol–water partition coefficient (Wildman–Crippen LogP) is 2.52. The summed E-state index contributed by atoms with van der Waals surface area (Å²) in [5.41, 5.74) is 1.70. The largest absolute Gasteiger partial charge is 0.309 e. The van der Waals surface area contributed by atoms with Crippen molar-refractivity contribution in [3.63, 3.8) is 0 Å². The standard InChI is InChI=1S/C16H18N2O3S2/c1-11-8-13-9-15(5-6-16(13)18(11)12(2)19)23(20,21)17-10-14-4-3-7-22-14/h3-7,9,11,17H,8,10H2,1-2H3/t11-/m1/s1. The average molecular weight is 350 g/mol. The van der Waals surface area contributed by atoms with Crippen LogP contribution in [0.15, 0.2) is 40.6 Å². The molecule has 1 aromatic heterocycles. The van der Waals surface area contributed by atoms with Crippen molar-refractivity contribution in [3.05, 3.63) is 46.2 Å². The number of nitrogens with one attached hydrogen (secondary N) is 1. The van der Waals surface area contributed by atoms with Gasteiger partial charge in [-0.3, -0.25) is 4.79 Å². The summed E-state index contributed by atoms with van der Waals surface area (Å²) in [5.74, 6) is -0.0253. The zero-order valence-corrected chi connectivity index (χ0v) is 14.6. The third-order valence-electron chi connectivity index (χ3n) is 3.93. The molecular formula is C16H18N2O3S2. The van der Waals surface area contributed by atoms with E-state index < -0.39 is 10.0 Å². The molecule has 1 aliphatic heterocycles. The molecule has 1 aromatic carbocycles. The van der Waals surface area contributed by atoms with Gasteiger partial charge in [0.2, 0.25) is 15.9 Å². The lowest BCUT2D eigenvalue weighted by Crippen LogP contribution is -2.33. The number of anilines is 1. The second kappa shape index (κ2) is 6.07. The molecule has 1 atom stereocenters. The Morgan fingerprint density at radius 1 is 1.39 bits per heavy atom. The molecule has 0 bridgehead atoms. The van der Waals surface area contributed by atoms with Crippen LogP contribution in [-0.4, -0.2) is 20.4 Å². The fourth-order valence-corrected chi connectivity index (χ4v) is 4.71. The van der Waals surface area contributed by atoms with Gasteiger partial charge in [0, 0.05) is 30.1 Å². The van der Waals surface area contributed by atoms with E-state index >= 15 is 0 Å². The van der Waals surface area contributed by atoms with Crippen LogP contribution in [0.3, 0.4) is 0 Å². The van der Waals surface area contributed by atoms with Gasteiger partial charge in [-0.1, -0.05) is 6.07 Å². The number of carbonyl (C=O) groups excluding carboxylic acids is 1. The third-order valence-corrected chi connectivity index (χ3v) is 6.21. The van der Waals surface area contributed by atoms with Crippen molar-refractivity contribution in [3.8, 4) is 0 Å². The number of carbonyl (C=O) groups is 1. The SMILES string of the molecule is CC(=O)N1c2ccc(S(=O)(=O)NCc3cccs3)cc2C[C@H]1C. The number of rotatable bonds is 4. The molecule has 0 saturated carbocycles. The van der Waals surface area contributed by atoms with Crippen molar-refractivity contribution in [1.29, 1.82) is 0 Å². The van der Waals surface area contributed by atoms with Crippen LogP contribution < -0.4 is 9.62 Å². The lowest BCUT2D eigenvalue weighted by atomic mass is 10.1. The van der Waals surface area contributed by atoms with Crippen LogP contribution in [0.5, 0.6) is 0 Å². The molecule has 0 aliphatic carbocycles. The van der Waals surface area contributed by atoms with Gasteiger partial charge in [0.05, 0.1) is 4.90 Å². The normalized spacial score (nSPS) is 17.3.